The van der Waals surface area contributed by atoms with Crippen LogP contribution in [0.25, 0.3) is 45.0 Å². The zero-order chi connectivity index (χ0) is 61.4. The van der Waals surface area contributed by atoms with E-state index in [9.17, 15) is 19.2 Å². The van der Waals surface area contributed by atoms with Crippen LogP contribution in [0.4, 0.5) is 0 Å². The van der Waals surface area contributed by atoms with E-state index in [1.807, 2.05) is 158 Å². The molecule has 4 aromatic heterocycles. The number of rotatable bonds is 16. The van der Waals surface area contributed by atoms with Crippen LogP contribution in [-0.4, -0.2) is 141 Å². The number of carbonyl (C=O) groups is 4. The minimum atomic E-state index is -0.0529. The molecule has 6 atom stereocenters. The van der Waals surface area contributed by atoms with E-state index in [1.54, 1.807) is 11.9 Å². The molecule has 5 aliphatic rings. The summed E-state index contributed by atoms with van der Waals surface area (Å²) in [5.74, 6) is 1.49. The number of terminal acetylenes is 4. The minimum absolute atomic E-state index is 0.0235. The minimum Gasteiger partial charge on any atom is -0.346 e. The summed E-state index contributed by atoms with van der Waals surface area (Å²) in [4.78, 5) is 75.3. The third-order valence-electron chi connectivity index (χ3n) is 16.2. The summed E-state index contributed by atoms with van der Waals surface area (Å²) >= 11 is 5.62. The fourth-order valence-electron chi connectivity index (χ4n) is 11.2. The van der Waals surface area contributed by atoms with Crippen LogP contribution in [0.5, 0.6) is 0 Å². The quantitative estimate of drug-likeness (QED) is 0.0410. The first-order valence-electron chi connectivity index (χ1n) is 29.0. The SMILES string of the molecule is C#CNC1C[C@@]12CCN(C(=O)c1nc(-c3ccccc3)cs1)C2.C#CNC1[C@H]2CN(C(=O)c3nc(-c4ccccc4)cs3)C[C@@H]12.C#CNCCCN(C)C(=O)c1nc(-c2ccccc2)cs1.C#CNC[C@H]1CCN(C(=O)c2nc(-c3ccccc3)cs2)C1. The fraction of sp³-hybridized carbons (Fsp3) is 0.294. The Labute approximate surface area is 530 Å². The molecule has 2 aliphatic carbocycles. The van der Waals surface area contributed by atoms with Gasteiger partial charge in [0, 0.05) is 163 Å². The van der Waals surface area contributed by atoms with E-state index in [0.29, 0.717) is 63.0 Å². The van der Waals surface area contributed by atoms with Crippen molar-refractivity contribution in [3.8, 4) is 94.9 Å². The Morgan fingerprint density at radius 1 is 0.557 bits per heavy atom. The Bertz CT molecular complexity index is 3740. The van der Waals surface area contributed by atoms with Crippen LogP contribution < -0.4 is 21.3 Å². The van der Waals surface area contributed by atoms with E-state index >= 15 is 0 Å². The second-order valence-corrected chi connectivity index (χ2v) is 25.4. The zero-order valence-corrected chi connectivity index (χ0v) is 51.9. The highest BCUT2D eigenvalue weighted by Gasteiger charge is 2.59. The summed E-state index contributed by atoms with van der Waals surface area (Å²) < 4.78 is 0. The Morgan fingerprint density at radius 3 is 1.47 bits per heavy atom. The van der Waals surface area contributed by atoms with Crippen molar-refractivity contribution in [3.63, 3.8) is 0 Å². The summed E-state index contributed by atoms with van der Waals surface area (Å²) in [5.41, 5.74) is 7.77. The molecule has 5 fully saturated rings. The van der Waals surface area contributed by atoms with Crippen LogP contribution in [-0.2, 0) is 0 Å². The van der Waals surface area contributed by atoms with Gasteiger partial charge in [0.2, 0.25) is 0 Å². The predicted octanol–water partition coefficient (Wildman–Crippen LogP) is 9.56. The van der Waals surface area contributed by atoms with Crippen molar-refractivity contribution >= 4 is 69.0 Å². The van der Waals surface area contributed by atoms with Gasteiger partial charge in [-0.15, -0.1) is 45.3 Å². The average molecular weight is 1240 g/mol. The maximum atomic E-state index is 12.7. The number of fused-ring (bicyclic) bond motifs is 1. The highest BCUT2D eigenvalue weighted by Crippen LogP contribution is 2.53. The van der Waals surface area contributed by atoms with E-state index in [4.69, 9.17) is 25.7 Å². The number of hydrogen-bond donors (Lipinski definition) is 4. The van der Waals surface area contributed by atoms with Gasteiger partial charge in [-0.2, -0.15) is 0 Å². The molecule has 7 heterocycles. The summed E-state index contributed by atoms with van der Waals surface area (Å²) in [7, 11) is 1.78. The molecule has 1 spiro atoms. The number of hydrogen-bond acceptors (Lipinski definition) is 16. The summed E-state index contributed by atoms with van der Waals surface area (Å²) in [6.45, 7) is 6.76. The molecule has 2 unspecified atom stereocenters. The van der Waals surface area contributed by atoms with Crippen LogP contribution in [0.3, 0.4) is 0 Å². The van der Waals surface area contributed by atoms with Crippen LogP contribution >= 0.6 is 45.3 Å². The Hall–Kier alpha value is -9.28. The van der Waals surface area contributed by atoms with Crippen molar-refractivity contribution in [1.29, 1.82) is 0 Å². The molecule has 4 N–H and O–H groups in total. The number of likely N-dealkylation sites (tertiary alicyclic amines) is 3. The molecule has 4 aromatic carbocycles. The molecule has 16 nitrogen and oxygen atoms in total. The number of nitrogens with one attached hydrogen (secondary N) is 4. The van der Waals surface area contributed by atoms with Crippen LogP contribution in [0.2, 0.25) is 0 Å². The van der Waals surface area contributed by atoms with E-state index in [-0.39, 0.29) is 29.0 Å². The smallest absolute Gasteiger partial charge is 0.282 e. The summed E-state index contributed by atoms with van der Waals surface area (Å²) in [6.07, 6.45) is 24.8. The lowest BCUT2D eigenvalue weighted by molar-refractivity contribution is 0.0767. The van der Waals surface area contributed by atoms with Gasteiger partial charge in [0.25, 0.3) is 23.6 Å². The molecule has 13 rings (SSSR count). The molecule has 2 saturated carbocycles. The third kappa shape index (κ3) is 15.3. The molecule has 446 valence electrons. The largest absolute Gasteiger partial charge is 0.346 e. The number of benzene rings is 4. The number of thiazole rings is 4. The predicted molar refractivity (Wildman–Crippen MR) is 351 cm³/mol. The maximum Gasteiger partial charge on any atom is 0.282 e. The molecule has 8 aromatic rings. The monoisotopic (exact) mass is 1240 g/mol. The van der Waals surface area contributed by atoms with Crippen molar-refractivity contribution < 1.29 is 19.2 Å². The van der Waals surface area contributed by atoms with Crippen molar-refractivity contribution in [3.05, 3.63) is 163 Å². The lowest BCUT2D eigenvalue weighted by Crippen LogP contribution is -2.34. The zero-order valence-electron chi connectivity index (χ0n) is 48.6. The first kappa shape index (κ1) is 61.8. The normalized spacial score (nSPS) is 19.6. The van der Waals surface area contributed by atoms with Crippen molar-refractivity contribution in [2.45, 2.75) is 37.8 Å². The van der Waals surface area contributed by atoms with Gasteiger partial charge in [-0.25, -0.2) is 19.9 Å². The van der Waals surface area contributed by atoms with Gasteiger partial charge < -0.3 is 40.9 Å². The lowest BCUT2D eigenvalue weighted by atomic mass is 10.1. The van der Waals surface area contributed by atoms with Crippen molar-refractivity contribution in [1.82, 2.24) is 60.8 Å². The molecular formula is C68H66N12O4S4. The fourth-order valence-corrected chi connectivity index (χ4v) is 14.4. The molecule has 3 saturated heterocycles. The van der Waals surface area contributed by atoms with Gasteiger partial charge >= 0.3 is 0 Å². The second-order valence-electron chi connectivity index (χ2n) is 21.9. The van der Waals surface area contributed by atoms with Gasteiger partial charge in [0.1, 0.15) is 0 Å². The van der Waals surface area contributed by atoms with E-state index in [0.717, 1.165) is 117 Å². The van der Waals surface area contributed by atoms with Gasteiger partial charge in [-0.1, -0.05) is 147 Å². The van der Waals surface area contributed by atoms with Crippen LogP contribution in [0, 0.1) is 73.0 Å². The Kier molecular flexibility index (Phi) is 20.7. The van der Waals surface area contributed by atoms with Crippen molar-refractivity contribution in [2.75, 3.05) is 66.0 Å². The summed E-state index contributed by atoms with van der Waals surface area (Å²) in [6, 6.07) is 50.2. The second kappa shape index (κ2) is 29.4. The standard InChI is InChI=1S/C18H17N3OS.C17H15N3OS.C17H17N3OS.C16H17N3OS/c1-2-19-15-10-18(15)8-9-21(12-18)17(22)16-20-14(11-23-16)13-6-4-3-5-7-13;1-2-18-15-12-8-20(9-13(12)15)17(21)16-19-14(10-22-16)11-6-4-3-5-7-11;1-2-18-10-13-8-9-20(11-13)17(21)16-19-15(12-22-16)14-6-4-3-5-7-14;1-3-17-10-7-11-19(2)16(20)15-18-14(12-21-15)13-8-5-4-6-9-13/h1,3-7,11,15,19H,8-10,12H2;1,3-7,10,12-13,15,18H,8-9H2;1,3-7,12-13,18H,8-11H2;1,4-6,8-9,12,17H,7,10-11H2,2H3/t15?,18-;12-,13+,15?;13-;/m1.1./s1. The molecular weight excluding hydrogens is 1180 g/mol. The lowest BCUT2D eigenvalue weighted by Gasteiger charge is -2.18. The van der Waals surface area contributed by atoms with E-state index < -0.39 is 0 Å². The molecule has 0 bridgehead atoms. The number of piperidine rings is 1. The van der Waals surface area contributed by atoms with Gasteiger partial charge in [-0.05, 0) is 31.6 Å². The average Bonchev–Trinajstić information content (AvgIpc) is 1.66. The molecule has 20 heteroatoms. The van der Waals surface area contributed by atoms with Crippen LogP contribution in [0.15, 0.2) is 143 Å². The number of carbonyl (C=O) groups excluding carboxylic acids is 4. The first-order valence-corrected chi connectivity index (χ1v) is 32.5. The van der Waals surface area contributed by atoms with E-state index in [2.05, 4.69) is 65.4 Å². The number of aromatic nitrogens is 4. The number of nitrogens with zero attached hydrogens (tertiary/aromatic N) is 8. The van der Waals surface area contributed by atoms with Crippen LogP contribution in [0.1, 0.15) is 64.9 Å². The first-order chi connectivity index (χ1) is 43.0. The molecule has 3 aliphatic heterocycles. The summed E-state index contributed by atoms with van der Waals surface area (Å²) in [5, 5.41) is 21.7. The topological polar surface area (TPSA) is 181 Å². The molecule has 0 radical (unpaired) electrons. The van der Waals surface area contributed by atoms with Gasteiger partial charge in [0.15, 0.2) is 20.0 Å². The Morgan fingerprint density at radius 2 is 1.00 bits per heavy atom. The highest BCUT2D eigenvalue weighted by atomic mass is 32.1. The van der Waals surface area contributed by atoms with Gasteiger partial charge in [0.05, 0.1) is 22.8 Å². The number of amides is 4. The maximum absolute atomic E-state index is 12.7. The molecule has 88 heavy (non-hydrogen) atoms. The van der Waals surface area contributed by atoms with Crippen molar-refractivity contribution in [2.24, 2.45) is 23.2 Å². The third-order valence-corrected chi connectivity index (χ3v) is 19.5. The molecule has 4 amide bonds. The Balaban J connectivity index is 0.000000130. The van der Waals surface area contributed by atoms with Gasteiger partial charge in [-0.3, -0.25) is 19.2 Å². The van der Waals surface area contributed by atoms with E-state index in [1.165, 1.54) is 45.3 Å². The highest BCUT2D eigenvalue weighted by molar-refractivity contribution is 7.13.